The number of furan rings is 1. The number of nitrogens with zero attached hydrogens (tertiary/aromatic N) is 3. The van der Waals surface area contributed by atoms with E-state index in [-0.39, 0.29) is 18.3 Å². The number of hydrogen-bond donors (Lipinski definition) is 0. The van der Waals surface area contributed by atoms with Crippen LogP contribution in [0.4, 0.5) is 13.2 Å². The van der Waals surface area contributed by atoms with Gasteiger partial charge in [-0.1, -0.05) is 0 Å². The van der Waals surface area contributed by atoms with Crippen LogP contribution >= 0.6 is 0 Å². The monoisotopic (exact) mass is 385 g/mol. The van der Waals surface area contributed by atoms with Crippen molar-refractivity contribution >= 4 is 5.91 Å². The SMILES string of the molecule is Cc1cc(C)c(C(=O)N2CCOCC2c2c(C)nn(CC(F)(F)F)c2C)o1. The van der Waals surface area contributed by atoms with E-state index in [2.05, 4.69) is 5.10 Å². The third-order valence-corrected chi connectivity index (χ3v) is 4.72. The lowest BCUT2D eigenvalue weighted by atomic mass is 10.0. The van der Waals surface area contributed by atoms with Crippen molar-refractivity contribution in [3.8, 4) is 0 Å². The molecule has 1 atom stereocenters. The number of hydrogen-bond acceptors (Lipinski definition) is 4. The lowest BCUT2D eigenvalue weighted by Crippen LogP contribution is -2.44. The van der Waals surface area contributed by atoms with Crippen molar-refractivity contribution in [1.29, 1.82) is 0 Å². The first kappa shape index (κ1) is 19.5. The lowest BCUT2D eigenvalue weighted by molar-refractivity contribution is -0.143. The minimum Gasteiger partial charge on any atom is -0.456 e. The van der Waals surface area contributed by atoms with Gasteiger partial charge in [0.1, 0.15) is 12.3 Å². The van der Waals surface area contributed by atoms with E-state index in [1.54, 1.807) is 38.7 Å². The van der Waals surface area contributed by atoms with Gasteiger partial charge in [-0.2, -0.15) is 18.3 Å². The predicted molar refractivity (Wildman–Crippen MR) is 90.5 cm³/mol. The fourth-order valence-electron chi connectivity index (χ4n) is 3.59. The van der Waals surface area contributed by atoms with Crippen molar-refractivity contribution in [2.24, 2.45) is 0 Å². The molecule has 6 nitrogen and oxygen atoms in total. The summed E-state index contributed by atoms with van der Waals surface area (Å²) in [6.45, 7) is 6.49. The van der Waals surface area contributed by atoms with Gasteiger partial charge in [0.15, 0.2) is 5.76 Å². The Hall–Kier alpha value is -2.29. The second-order valence-electron chi connectivity index (χ2n) is 6.82. The molecule has 0 bridgehead atoms. The van der Waals surface area contributed by atoms with E-state index in [1.807, 2.05) is 0 Å². The van der Waals surface area contributed by atoms with E-state index in [4.69, 9.17) is 9.15 Å². The Morgan fingerprint density at radius 2 is 2.00 bits per heavy atom. The van der Waals surface area contributed by atoms with Crippen molar-refractivity contribution in [3.63, 3.8) is 0 Å². The Morgan fingerprint density at radius 1 is 1.30 bits per heavy atom. The molecule has 1 aliphatic heterocycles. The molecule has 0 radical (unpaired) electrons. The van der Waals surface area contributed by atoms with Crippen LogP contribution in [0.5, 0.6) is 0 Å². The van der Waals surface area contributed by atoms with Crippen LogP contribution in [-0.2, 0) is 11.3 Å². The summed E-state index contributed by atoms with van der Waals surface area (Å²) in [7, 11) is 0. The highest BCUT2D eigenvalue weighted by Crippen LogP contribution is 2.32. The van der Waals surface area contributed by atoms with E-state index in [0.29, 0.717) is 35.9 Å². The van der Waals surface area contributed by atoms with Crippen LogP contribution in [0.15, 0.2) is 10.5 Å². The Balaban J connectivity index is 1.97. The maximum atomic E-state index is 13.0. The zero-order valence-corrected chi connectivity index (χ0v) is 15.7. The van der Waals surface area contributed by atoms with Gasteiger partial charge in [0.05, 0.1) is 24.9 Å². The lowest BCUT2D eigenvalue weighted by Gasteiger charge is -2.35. The molecule has 0 spiro atoms. The van der Waals surface area contributed by atoms with Gasteiger partial charge in [0.2, 0.25) is 0 Å². The molecule has 3 rings (SSSR count). The van der Waals surface area contributed by atoms with Gasteiger partial charge in [-0.3, -0.25) is 9.48 Å². The molecule has 2 aromatic heterocycles. The maximum Gasteiger partial charge on any atom is 0.408 e. The molecule has 1 saturated heterocycles. The van der Waals surface area contributed by atoms with E-state index in [0.717, 1.165) is 10.2 Å². The van der Waals surface area contributed by atoms with Gasteiger partial charge in [-0.25, -0.2) is 0 Å². The van der Waals surface area contributed by atoms with Crippen LogP contribution in [0.3, 0.4) is 0 Å². The Kier molecular flexibility index (Phi) is 5.07. The van der Waals surface area contributed by atoms with E-state index in [9.17, 15) is 18.0 Å². The third-order valence-electron chi connectivity index (χ3n) is 4.72. The van der Waals surface area contributed by atoms with E-state index < -0.39 is 18.8 Å². The standard InChI is InChI=1S/C18H22F3N3O3/c1-10-7-11(2)27-16(10)17(25)23-5-6-26-8-14(23)15-12(3)22-24(13(15)4)9-18(19,20)21/h7,14H,5-6,8-9H2,1-4H3. The minimum atomic E-state index is -4.37. The van der Waals surface area contributed by atoms with Gasteiger partial charge < -0.3 is 14.1 Å². The largest absolute Gasteiger partial charge is 0.456 e. The van der Waals surface area contributed by atoms with Crippen LogP contribution in [0, 0.1) is 27.7 Å². The molecule has 9 heteroatoms. The summed E-state index contributed by atoms with van der Waals surface area (Å²) in [5.41, 5.74) is 2.15. The molecule has 1 fully saturated rings. The second kappa shape index (κ2) is 7.03. The summed E-state index contributed by atoms with van der Waals surface area (Å²) < 4.78 is 50.4. The summed E-state index contributed by atoms with van der Waals surface area (Å²) in [6.07, 6.45) is -4.37. The number of morpholine rings is 1. The van der Waals surface area contributed by atoms with Crippen LogP contribution in [0.1, 0.15) is 44.9 Å². The molecule has 0 N–H and O–H groups in total. The van der Waals surface area contributed by atoms with Gasteiger partial charge in [-0.15, -0.1) is 0 Å². The molecule has 0 aromatic carbocycles. The number of halogens is 3. The number of amides is 1. The fraction of sp³-hybridized carbons (Fsp3) is 0.556. The molecule has 1 unspecified atom stereocenters. The first-order valence-electron chi connectivity index (χ1n) is 8.65. The maximum absolute atomic E-state index is 13.0. The smallest absolute Gasteiger partial charge is 0.408 e. The summed E-state index contributed by atoms with van der Waals surface area (Å²) in [5, 5.41) is 4.04. The van der Waals surface area contributed by atoms with Crippen LogP contribution < -0.4 is 0 Å². The quantitative estimate of drug-likeness (QED) is 0.812. The zero-order chi connectivity index (χ0) is 19.9. The zero-order valence-electron chi connectivity index (χ0n) is 15.7. The van der Waals surface area contributed by atoms with Gasteiger partial charge in [0.25, 0.3) is 5.91 Å². The topological polar surface area (TPSA) is 60.5 Å². The second-order valence-corrected chi connectivity index (χ2v) is 6.82. The number of aryl methyl sites for hydroxylation is 3. The number of carbonyl (C=O) groups excluding carboxylic acids is 1. The van der Waals surface area contributed by atoms with Gasteiger partial charge in [-0.05, 0) is 33.8 Å². The molecule has 3 heterocycles. The van der Waals surface area contributed by atoms with Crippen molar-refractivity contribution < 1.29 is 27.1 Å². The van der Waals surface area contributed by atoms with Crippen molar-refractivity contribution in [2.75, 3.05) is 19.8 Å². The van der Waals surface area contributed by atoms with Gasteiger partial charge >= 0.3 is 6.18 Å². The molecular formula is C18H22F3N3O3. The Labute approximate surface area is 154 Å². The first-order chi connectivity index (χ1) is 12.6. The fourth-order valence-corrected chi connectivity index (χ4v) is 3.59. The highest BCUT2D eigenvalue weighted by molar-refractivity contribution is 5.93. The summed E-state index contributed by atoms with van der Waals surface area (Å²) in [4.78, 5) is 14.6. The molecular weight excluding hydrogens is 363 g/mol. The van der Waals surface area contributed by atoms with E-state index in [1.165, 1.54) is 0 Å². The third kappa shape index (κ3) is 3.87. The van der Waals surface area contributed by atoms with Crippen LogP contribution in [0.2, 0.25) is 0 Å². The average molecular weight is 385 g/mol. The Morgan fingerprint density at radius 3 is 2.59 bits per heavy atom. The number of rotatable bonds is 3. The molecule has 1 amide bonds. The minimum absolute atomic E-state index is 0.198. The summed E-state index contributed by atoms with van der Waals surface area (Å²) in [5.74, 6) is 0.583. The molecule has 27 heavy (non-hydrogen) atoms. The van der Waals surface area contributed by atoms with Crippen molar-refractivity contribution in [2.45, 2.75) is 46.5 Å². The number of aromatic nitrogens is 2. The Bertz CT molecular complexity index is 854. The number of ether oxygens (including phenoxy) is 1. The molecule has 0 saturated carbocycles. The average Bonchev–Trinajstić information content (AvgIpc) is 3.04. The normalized spacial score (nSPS) is 18.2. The predicted octanol–water partition coefficient (Wildman–Crippen LogP) is 3.49. The van der Waals surface area contributed by atoms with Crippen molar-refractivity contribution in [1.82, 2.24) is 14.7 Å². The van der Waals surface area contributed by atoms with Crippen molar-refractivity contribution in [3.05, 3.63) is 40.1 Å². The summed E-state index contributed by atoms with van der Waals surface area (Å²) >= 11 is 0. The highest BCUT2D eigenvalue weighted by atomic mass is 19.4. The van der Waals surface area contributed by atoms with E-state index >= 15 is 0 Å². The molecule has 148 valence electrons. The molecule has 0 aliphatic carbocycles. The number of alkyl halides is 3. The van der Waals surface area contributed by atoms with Crippen LogP contribution in [0.25, 0.3) is 0 Å². The highest BCUT2D eigenvalue weighted by Gasteiger charge is 2.36. The van der Waals surface area contributed by atoms with Gasteiger partial charge in [0, 0.05) is 23.4 Å². The molecule has 2 aromatic rings. The number of carbonyl (C=O) groups is 1. The molecule has 1 aliphatic rings. The summed E-state index contributed by atoms with van der Waals surface area (Å²) in [6, 6.07) is 1.26. The first-order valence-corrected chi connectivity index (χ1v) is 8.65. The van der Waals surface area contributed by atoms with Crippen LogP contribution in [-0.4, -0.2) is 46.5 Å².